The lowest BCUT2D eigenvalue weighted by molar-refractivity contribution is -0.189. The van der Waals surface area contributed by atoms with Gasteiger partial charge >= 0.3 is 11.9 Å². The first kappa shape index (κ1) is 36.9. The molecule has 0 heterocycles. The highest BCUT2D eigenvalue weighted by molar-refractivity contribution is 5.71. The number of hydrogen-bond acceptors (Lipinski definition) is 4. The van der Waals surface area contributed by atoms with E-state index in [1.807, 2.05) is 0 Å². The third-order valence-electron chi connectivity index (χ3n) is 7.54. The Kier molecular flexibility index (Phi) is 29.6. The number of unbranched alkanes of at least 4 members (excludes halogenated alkanes) is 22. The predicted molar refractivity (Wildman–Crippen MR) is 162 cm³/mol. The minimum atomic E-state index is -0.706. The SMILES string of the molecule is CCCCCCCCCCCCC(=O)OC(CCCCCCC)OC(=O)CCCCCCCCCCCC. The number of carbonyl (C=O) groups excluding carboxylic acids is 2. The molecular weight excluding hydrogens is 472 g/mol. The fourth-order valence-corrected chi connectivity index (χ4v) is 4.98. The summed E-state index contributed by atoms with van der Waals surface area (Å²) < 4.78 is 11.3. The number of rotatable bonds is 30. The van der Waals surface area contributed by atoms with E-state index in [4.69, 9.17) is 9.47 Å². The molecule has 0 fully saturated rings. The van der Waals surface area contributed by atoms with E-state index >= 15 is 0 Å². The first-order valence-corrected chi connectivity index (χ1v) is 17.0. The molecule has 0 saturated heterocycles. The predicted octanol–water partition coefficient (Wildman–Crippen LogP) is 11.4. The van der Waals surface area contributed by atoms with Crippen molar-refractivity contribution in [1.82, 2.24) is 0 Å². The average Bonchev–Trinajstić information content (AvgIpc) is 2.90. The van der Waals surface area contributed by atoms with Gasteiger partial charge in [-0.05, 0) is 19.3 Å². The van der Waals surface area contributed by atoms with Crippen LogP contribution in [0.25, 0.3) is 0 Å². The summed E-state index contributed by atoms with van der Waals surface area (Å²) >= 11 is 0. The zero-order valence-corrected chi connectivity index (χ0v) is 26.0. The molecule has 0 amide bonds. The Labute approximate surface area is 237 Å². The number of carbonyl (C=O) groups is 2. The summed E-state index contributed by atoms with van der Waals surface area (Å²) in [4.78, 5) is 24.9. The summed E-state index contributed by atoms with van der Waals surface area (Å²) in [6.07, 6.45) is 31.3. The zero-order chi connectivity index (χ0) is 27.9. The van der Waals surface area contributed by atoms with Crippen molar-refractivity contribution in [1.29, 1.82) is 0 Å². The maximum atomic E-state index is 12.4. The molecule has 226 valence electrons. The minimum Gasteiger partial charge on any atom is -0.425 e. The van der Waals surface area contributed by atoms with Gasteiger partial charge in [0.15, 0.2) is 0 Å². The van der Waals surface area contributed by atoms with Gasteiger partial charge in [0.25, 0.3) is 0 Å². The quantitative estimate of drug-likeness (QED) is 0.0518. The van der Waals surface area contributed by atoms with Crippen LogP contribution in [0, 0.1) is 0 Å². The molecule has 0 radical (unpaired) electrons. The Morgan fingerprint density at radius 2 is 0.658 bits per heavy atom. The summed E-state index contributed by atoms with van der Waals surface area (Å²) in [6, 6.07) is 0. The number of ether oxygens (including phenoxy) is 2. The van der Waals surface area contributed by atoms with Crippen molar-refractivity contribution in [2.24, 2.45) is 0 Å². The molecule has 4 heteroatoms. The van der Waals surface area contributed by atoms with E-state index in [9.17, 15) is 9.59 Å². The fraction of sp³-hybridized carbons (Fsp3) is 0.941. The van der Waals surface area contributed by atoms with E-state index in [2.05, 4.69) is 20.8 Å². The van der Waals surface area contributed by atoms with Crippen LogP contribution in [0.1, 0.15) is 201 Å². The second-order valence-electron chi connectivity index (χ2n) is 11.5. The molecule has 0 aliphatic heterocycles. The monoisotopic (exact) mass is 538 g/mol. The van der Waals surface area contributed by atoms with E-state index in [0.29, 0.717) is 19.3 Å². The molecule has 0 bridgehead atoms. The molecule has 0 aromatic carbocycles. The Morgan fingerprint density at radius 3 is 0.974 bits per heavy atom. The second-order valence-corrected chi connectivity index (χ2v) is 11.5. The summed E-state index contributed by atoms with van der Waals surface area (Å²) in [5.74, 6) is -0.426. The van der Waals surface area contributed by atoms with Crippen LogP contribution >= 0.6 is 0 Å². The maximum Gasteiger partial charge on any atom is 0.308 e. The first-order chi connectivity index (χ1) is 18.6. The molecule has 0 rings (SSSR count). The topological polar surface area (TPSA) is 52.6 Å². The third kappa shape index (κ3) is 28.0. The molecule has 0 unspecified atom stereocenters. The molecule has 0 N–H and O–H groups in total. The number of esters is 2. The van der Waals surface area contributed by atoms with Gasteiger partial charge in [0.1, 0.15) is 0 Å². The van der Waals surface area contributed by atoms with E-state index < -0.39 is 6.29 Å². The summed E-state index contributed by atoms with van der Waals surface area (Å²) in [6.45, 7) is 6.71. The largest absolute Gasteiger partial charge is 0.425 e. The minimum absolute atomic E-state index is 0.213. The third-order valence-corrected chi connectivity index (χ3v) is 7.54. The molecule has 0 atom stereocenters. The molecular formula is C34H66O4. The fourth-order valence-electron chi connectivity index (χ4n) is 4.98. The lowest BCUT2D eigenvalue weighted by Gasteiger charge is -2.18. The van der Waals surface area contributed by atoms with Crippen molar-refractivity contribution in [3.8, 4) is 0 Å². The van der Waals surface area contributed by atoms with Crippen LogP contribution in [-0.4, -0.2) is 18.2 Å². The summed E-state index contributed by atoms with van der Waals surface area (Å²) in [5.41, 5.74) is 0. The molecule has 0 aromatic rings. The normalized spacial score (nSPS) is 11.3. The molecule has 0 aliphatic carbocycles. The number of hydrogen-bond donors (Lipinski definition) is 0. The van der Waals surface area contributed by atoms with Gasteiger partial charge in [-0.15, -0.1) is 0 Å². The smallest absolute Gasteiger partial charge is 0.308 e. The summed E-state index contributed by atoms with van der Waals surface area (Å²) in [5, 5.41) is 0. The van der Waals surface area contributed by atoms with Crippen molar-refractivity contribution < 1.29 is 19.1 Å². The van der Waals surface area contributed by atoms with Gasteiger partial charge in [0.05, 0.1) is 0 Å². The highest BCUT2D eigenvalue weighted by Gasteiger charge is 2.18. The maximum absolute atomic E-state index is 12.4. The lowest BCUT2D eigenvalue weighted by atomic mass is 10.1. The van der Waals surface area contributed by atoms with Gasteiger partial charge in [-0.2, -0.15) is 0 Å². The molecule has 0 aliphatic rings. The lowest BCUT2D eigenvalue weighted by Crippen LogP contribution is -2.24. The van der Waals surface area contributed by atoms with Crippen LogP contribution in [0.2, 0.25) is 0 Å². The Bertz CT molecular complexity index is 467. The molecule has 38 heavy (non-hydrogen) atoms. The van der Waals surface area contributed by atoms with Crippen LogP contribution < -0.4 is 0 Å². The van der Waals surface area contributed by atoms with Gasteiger partial charge in [0.2, 0.25) is 6.29 Å². The zero-order valence-electron chi connectivity index (χ0n) is 26.0. The van der Waals surface area contributed by atoms with Crippen LogP contribution in [-0.2, 0) is 19.1 Å². The van der Waals surface area contributed by atoms with Gasteiger partial charge in [-0.3, -0.25) is 9.59 Å². The standard InChI is InChI=1S/C34H66O4/c1-4-7-10-13-15-17-19-21-24-26-29-32(35)37-34(31-28-23-12-9-6-3)38-33(36)30-27-25-22-20-18-16-14-11-8-5-2/h34H,4-31H2,1-3H3. The Morgan fingerprint density at radius 1 is 0.395 bits per heavy atom. The molecule has 4 nitrogen and oxygen atoms in total. The van der Waals surface area contributed by atoms with Gasteiger partial charge < -0.3 is 9.47 Å². The van der Waals surface area contributed by atoms with Crippen molar-refractivity contribution in [3.63, 3.8) is 0 Å². The van der Waals surface area contributed by atoms with Gasteiger partial charge in [-0.1, -0.05) is 162 Å². The van der Waals surface area contributed by atoms with E-state index in [1.54, 1.807) is 0 Å². The molecule has 0 spiro atoms. The molecule has 0 aromatic heterocycles. The van der Waals surface area contributed by atoms with Crippen molar-refractivity contribution in [2.45, 2.75) is 207 Å². The molecule has 0 saturated carbocycles. The van der Waals surface area contributed by atoms with Gasteiger partial charge in [0, 0.05) is 19.3 Å². The average molecular weight is 539 g/mol. The van der Waals surface area contributed by atoms with Crippen LogP contribution in [0.3, 0.4) is 0 Å². The second kappa shape index (κ2) is 30.5. The highest BCUT2D eigenvalue weighted by atomic mass is 16.7. The van der Waals surface area contributed by atoms with Crippen LogP contribution in [0.5, 0.6) is 0 Å². The van der Waals surface area contributed by atoms with E-state index in [0.717, 1.165) is 38.5 Å². The Hall–Kier alpha value is -1.06. The van der Waals surface area contributed by atoms with Crippen molar-refractivity contribution in [3.05, 3.63) is 0 Å². The van der Waals surface area contributed by atoms with Crippen LogP contribution in [0.15, 0.2) is 0 Å². The highest BCUT2D eigenvalue weighted by Crippen LogP contribution is 2.16. The van der Waals surface area contributed by atoms with Gasteiger partial charge in [-0.25, -0.2) is 0 Å². The van der Waals surface area contributed by atoms with E-state index in [1.165, 1.54) is 122 Å². The first-order valence-electron chi connectivity index (χ1n) is 17.0. The van der Waals surface area contributed by atoms with Crippen LogP contribution in [0.4, 0.5) is 0 Å². The Balaban J connectivity index is 4.06. The van der Waals surface area contributed by atoms with Crippen molar-refractivity contribution >= 4 is 11.9 Å². The summed E-state index contributed by atoms with van der Waals surface area (Å²) in [7, 11) is 0. The van der Waals surface area contributed by atoms with E-state index in [-0.39, 0.29) is 11.9 Å². The van der Waals surface area contributed by atoms with Crippen molar-refractivity contribution in [2.75, 3.05) is 0 Å².